The average Bonchev–Trinajstić information content (AvgIpc) is 3.29. The zero-order valence-corrected chi connectivity index (χ0v) is 18.3. The van der Waals surface area contributed by atoms with Gasteiger partial charge in [0.2, 0.25) is 6.79 Å². The van der Waals surface area contributed by atoms with Gasteiger partial charge >= 0.3 is 0 Å². The van der Waals surface area contributed by atoms with Crippen molar-refractivity contribution >= 4 is 34.8 Å². The van der Waals surface area contributed by atoms with E-state index in [0.717, 1.165) is 52.3 Å². The second-order valence-corrected chi connectivity index (χ2v) is 9.07. The normalized spacial score (nSPS) is 13.2. The van der Waals surface area contributed by atoms with E-state index < -0.39 is 0 Å². The monoisotopic (exact) mass is 426 g/mol. The first kappa shape index (κ1) is 20.5. The molecule has 4 rings (SSSR count). The van der Waals surface area contributed by atoms with Crippen LogP contribution in [0.2, 0.25) is 0 Å². The van der Waals surface area contributed by atoms with Crippen molar-refractivity contribution < 1.29 is 9.47 Å². The maximum absolute atomic E-state index is 6.07. The fraction of sp³-hybridized carbons (Fsp3) is 0.381. The summed E-state index contributed by atoms with van der Waals surface area (Å²) >= 11 is 1.53. The van der Waals surface area contributed by atoms with E-state index in [1.807, 2.05) is 12.1 Å². The number of nitrogens with zero attached hydrogens (tertiary/aromatic N) is 4. The SMILES string of the molecule is C=Cc1cc2c(cc1Sc1nc3c(N)ncnc3n1CCCNC(C)(C)C)OCO2. The molecule has 1 aliphatic rings. The number of rotatable bonds is 7. The van der Waals surface area contributed by atoms with E-state index in [-0.39, 0.29) is 12.3 Å². The fourth-order valence-corrected chi connectivity index (χ4v) is 4.25. The van der Waals surface area contributed by atoms with Gasteiger partial charge in [-0.1, -0.05) is 24.4 Å². The molecule has 3 heterocycles. The molecular weight excluding hydrogens is 400 g/mol. The van der Waals surface area contributed by atoms with Gasteiger partial charge in [0.25, 0.3) is 0 Å². The summed E-state index contributed by atoms with van der Waals surface area (Å²) in [6.45, 7) is 12.3. The molecule has 9 heteroatoms. The summed E-state index contributed by atoms with van der Waals surface area (Å²) in [6, 6.07) is 3.90. The fourth-order valence-electron chi connectivity index (χ4n) is 3.20. The Morgan fingerprint density at radius 3 is 2.77 bits per heavy atom. The number of aromatic nitrogens is 4. The smallest absolute Gasteiger partial charge is 0.231 e. The topological polar surface area (TPSA) is 100 Å². The van der Waals surface area contributed by atoms with E-state index in [0.29, 0.717) is 11.3 Å². The molecule has 0 amide bonds. The van der Waals surface area contributed by atoms with Crippen LogP contribution in [0.5, 0.6) is 11.5 Å². The molecule has 3 aromatic rings. The third kappa shape index (κ3) is 4.22. The van der Waals surface area contributed by atoms with Gasteiger partial charge in [0.15, 0.2) is 33.6 Å². The molecule has 0 fully saturated rings. The first-order chi connectivity index (χ1) is 14.4. The molecule has 8 nitrogen and oxygen atoms in total. The number of aryl methyl sites for hydroxylation is 1. The van der Waals surface area contributed by atoms with Gasteiger partial charge in [0.05, 0.1) is 0 Å². The molecule has 0 atom stereocenters. The van der Waals surface area contributed by atoms with Crippen LogP contribution < -0.4 is 20.5 Å². The number of imidazole rings is 1. The van der Waals surface area contributed by atoms with Gasteiger partial charge in [-0.05, 0) is 51.4 Å². The first-order valence-electron chi connectivity index (χ1n) is 9.81. The van der Waals surface area contributed by atoms with Crippen LogP contribution in [0.3, 0.4) is 0 Å². The summed E-state index contributed by atoms with van der Waals surface area (Å²) in [6.07, 6.45) is 4.21. The zero-order valence-electron chi connectivity index (χ0n) is 17.4. The standard InChI is InChI=1S/C21H26N6O2S/c1-5-13-9-14-15(29-12-28-14)10-16(13)30-20-26-17-18(22)23-11-24-19(17)27(20)8-6-7-25-21(2,3)4/h5,9-11,25H,1,6-8,12H2,2-4H3,(H2,22,23,24). The molecule has 0 saturated heterocycles. The second kappa shape index (κ2) is 8.16. The third-order valence-corrected chi connectivity index (χ3v) is 5.73. The molecule has 0 aliphatic carbocycles. The maximum atomic E-state index is 6.07. The Bertz CT molecular complexity index is 1090. The van der Waals surface area contributed by atoms with E-state index in [4.69, 9.17) is 20.2 Å². The van der Waals surface area contributed by atoms with Gasteiger partial charge in [-0.2, -0.15) is 0 Å². The molecule has 1 aromatic carbocycles. The van der Waals surface area contributed by atoms with Crippen molar-refractivity contribution in [3.8, 4) is 11.5 Å². The Labute approximate surface area is 179 Å². The molecule has 0 bridgehead atoms. The number of nitrogens with two attached hydrogens (primary N) is 1. The summed E-state index contributed by atoms with van der Waals surface area (Å²) in [5.41, 5.74) is 8.46. The van der Waals surface area contributed by atoms with Gasteiger partial charge in [-0.25, -0.2) is 15.0 Å². The highest BCUT2D eigenvalue weighted by Gasteiger charge is 2.20. The summed E-state index contributed by atoms with van der Waals surface area (Å²) in [5.74, 6) is 1.83. The van der Waals surface area contributed by atoms with E-state index in [1.54, 1.807) is 6.08 Å². The lowest BCUT2D eigenvalue weighted by Crippen LogP contribution is -2.36. The van der Waals surface area contributed by atoms with Crippen molar-refractivity contribution in [1.82, 2.24) is 24.8 Å². The molecule has 1 aliphatic heterocycles. The number of nitrogen functional groups attached to an aromatic ring is 1. The molecule has 0 spiro atoms. The van der Waals surface area contributed by atoms with E-state index in [9.17, 15) is 0 Å². The van der Waals surface area contributed by atoms with E-state index in [1.165, 1.54) is 18.1 Å². The minimum atomic E-state index is 0.0759. The van der Waals surface area contributed by atoms with E-state index in [2.05, 4.69) is 47.2 Å². The number of nitrogens with one attached hydrogen (secondary N) is 1. The lowest BCUT2D eigenvalue weighted by atomic mass is 10.1. The maximum Gasteiger partial charge on any atom is 0.231 e. The summed E-state index contributed by atoms with van der Waals surface area (Å²) in [4.78, 5) is 14.3. The van der Waals surface area contributed by atoms with Gasteiger partial charge in [0, 0.05) is 17.0 Å². The molecule has 0 radical (unpaired) electrons. The van der Waals surface area contributed by atoms with Crippen LogP contribution in [0.4, 0.5) is 5.82 Å². The predicted octanol–water partition coefficient (Wildman–Crippen LogP) is 3.71. The first-order valence-corrected chi connectivity index (χ1v) is 10.6. The predicted molar refractivity (Wildman–Crippen MR) is 119 cm³/mol. The van der Waals surface area contributed by atoms with Crippen molar-refractivity contribution in [3.63, 3.8) is 0 Å². The number of benzene rings is 1. The quantitative estimate of drug-likeness (QED) is 0.552. The summed E-state index contributed by atoms with van der Waals surface area (Å²) in [7, 11) is 0. The Balaban J connectivity index is 1.67. The molecule has 3 N–H and O–H groups in total. The van der Waals surface area contributed by atoms with Crippen LogP contribution in [0, 0.1) is 0 Å². The van der Waals surface area contributed by atoms with Crippen molar-refractivity contribution in [3.05, 3.63) is 30.6 Å². The van der Waals surface area contributed by atoms with Crippen LogP contribution in [0.1, 0.15) is 32.8 Å². The van der Waals surface area contributed by atoms with Crippen molar-refractivity contribution in [2.24, 2.45) is 0 Å². The average molecular weight is 427 g/mol. The number of hydrogen-bond acceptors (Lipinski definition) is 8. The molecular formula is C21H26N6O2S. The van der Waals surface area contributed by atoms with Crippen LogP contribution in [0.15, 0.2) is 35.1 Å². The van der Waals surface area contributed by atoms with Crippen molar-refractivity contribution in [1.29, 1.82) is 0 Å². The molecule has 30 heavy (non-hydrogen) atoms. The zero-order chi connectivity index (χ0) is 21.3. The lowest BCUT2D eigenvalue weighted by molar-refractivity contribution is 0.174. The molecule has 0 unspecified atom stereocenters. The summed E-state index contributed by atoms with van der Waals surface area (Å²) < 4.78 is 13.1. The highest BCUT2D eigenvalue weighted by Crippen LogP contribution is 2.41. The van der Waals surface area contributed by atoms with Gasteiger partial charge in [0.1, 0.15) is 6.33 Å². The number of anilines is 1. The molecule has 0 saturated carbocycles. The van der Waals surface area contributed by atoms with Gasteiger partial charge < -0.3 is 25.1 Å². The minimum Gasteiger partial charge on any atom is -0.454 e. The molecule has 158 valence electrons. The van der Waals surface area contributed by atoms with Gasteiger partial charge in [-0.15, -0.1) is 0 Å². The number of fused-ring (bicyclic) bond motifs is 2. The van der Waals surface area contributed by atoms with Crippen LogP contribution in [-0.2, 0) is 6.54 Å². The van der Waals surface area contributed by atoms with Crippen LogP contribution >= 0.6 is 11.8 Å². The Morgan fingerprint density at radius 1 is 1.27 bits per heavy atom. The highest BCUT2D eigenvalue weighted by molar-refractivity contribution is 7.99. The minimum absolute atomic E-state index is 0.0759. The Morgan fingerprint density at radius 2 is 2.03 bits per heavy atom. The largest absolute Gasteiger partial charge is 0.454 e. The summed E-state index contributed by atoms with van der Waals surface area (Å²) in [5, 5.41) is 4.32. The van der Waals surface area contributed by atoms with Crippen molar-refractivity contribution in [2.75, 3.05) is 19.1 Å². The molecule has 2 aromatic heterocycles. The third-order valence-electron chi connectivity index (χ3n) is 4.67. The number of hydrogen-bond donors (Lipinski definition) is 2. The Kier molecular flexibility index (Phi) is 5.57. The van der Waals surface area contributed by atoms with E-state index >= 15 is 0 Å². The highest BCUT2D eigenvalue weighted by atomic mass is 32.2. The lowest BCUT2D eigenvalue weighted by Gasteiger charge is -2.20. The Hall–Kier alpha value is -2.78. The van der Waals surface area contributed by atoms with Crippen LogP contribution in [0.25, 0.3) is 17.2 Å². The number of ether oxygens (including phenoxy) is 2. The van der Waals surface area contributed by atoms with Gasteiger partial charge in [-0.3, -0.25) is 0 Å². The van der Waals surface area contributed by atoms with Crippen LogP contribution in [-0.4, -0.2) is 38.4 Å². The second-order valence-electron chi connectivity index (χ2n) is 8.06. The van der Waals surface area contributed by atoms with Crippen molar-refractivity contribution in [2.45, 2.75) is 49.3 Å².